The second kappa shape index (κ2) is 7.92. The molecule has 2 aromatic heterocycles. The highest BCUT2D eigenvalue weighted by Crippen LogP contribution is 2.26. The summed E-state index contributed by atoms with van der Waals surface area (Å²) in [5.41, 5.74) is 1.94. The lowest BCUT2D eigenvalue weighted by molar-refractivity contribution is 0.102. The molecular formula is C19H18N4O2. The van der Waals surface area contributed by atoms with Crippen LogP contribution in [-0.2, 0) is 0 Å². The summed E-state index contributed by atoms with van der Waals surface area (Å²) < 4.78 is 5.58. The van der Waals surface area contributed by atoms with Gasteiger partial charge in [0, 0.05) is 12.4 Å². The Morgan fingerprint density at radius 2 is 1.96 bits per heavy atom. The van der Waals surface area contributed by atoms with Crippen LogP contribution in [0.2, 0.25) is 0 Å². The third-order valence-corrected chi connectivity index (χ3v) is 3.39. The third kappa shape index (κ3) is 4.32. The molecule has 6 nitrogen and oxygen atoms in total. The number of nitrogens with zero attached hydrogens (tertiary/aromatic N) is 2. The number of hydrogen-bond donors (Lipinski definition) is 2. The van der Waals surface area contributed by atoms with E-state index in [1.165, 1.54) is 6.20 Å². The van der Waals surface area contributed by atoms with Gasteiger partial charge in [0.1, 0.15) is 11.6 Å². The van der Waals surface area contributed by atoms with Crippen LogP contribution < -0.4 is 15.4 Å². The van der Waals surface area contributed by atoms with Gasteiger partial charge in [0.05, 0.1) is 29.7 Å². The third-order valence-electron chi connectivity index (χ3n) is 3.39. The molecule has 3 aromatic rings. The Morgan fingerprint density at radius 1 is 1.08 bits per heavy atom. The number of carbonyl (C=O) groups excluding carboxylic acids is 1. The van der Waals surface area contributed by atoms with Crippen molar-refractivity contribution in [3.63, 3.8) is 0 Å². The zero-order valence-electron chi connectivity index (χ0n) is 13.8. The molecule has 0 fully saturated rings. The Labute approximate surface area is 145 Å². The van der Waals surface area contributed by atoms with Crippen molar-refractivity contribution in [3.8, 4) is 5.75 Å². The van der Waals surface area contributed by atoms with Crippen LogP contribution in [0.3, 0.4) is 0 Å². The van der Waals surface area contributed by atoms with Gasteiger partial charge in [0.2, 0.25) is 0 Å². The Kier molecular flexibility index (Phi) is 5.21. The monoisotopic (exact) mass is 334 g/mol. The van der Waals surface area contributed by atoms with E-state index in [4.69, 9.17) is 4.74 Å². The zero-order chi connectivity index (χ0) is 17.5. The average molecular weight is 334 g/mol. The number of aromatic nitrogens is 2. The maximum atomic E-state index is 12.1. The van der Waals surface area contributed by atoms with Gasteiger partial charge in [0.25, 0.3) is 5.91 Å². The minimum Gasteiger partial charge on any atom is -0.492 e. The largest absolute Gasteiger partial charge is 0.492 e. The van der Waals surface area contributed by atoms with Gasteiger partial charge >= 0.3 is 0 Å². The Balaban J connectivity index is 1.68. The van der Waals surface area contributed by atoms with Crippen molar-refractivity contribution in [1.29, 1.82) is 0 Å². The minimum absolute atomic E-state index is 0.225. The zero-order valence-corrected chi connectivity index (χ0v) is 13.8. The second-order valence-corrected chi connectivity index (χ2v) is 5.18. The van der Waals surface area contributed by atoms with Crippen molar-refractivity contribution in [1.82, 2.24) is 9.97 Å². The number of rotatable bonds is 6. The SMILES string of the molecule is CCOc1ccccc1Nc1ccc(NC(=O)c2cccnc2)cn1. The molecule has 25 heavy (non-hydrogen) atoms. The molecule has 0 spiro atoms. The summed E-state index contributed by atoms with van der Waals surface area (Å²) in [7, 11) is 0. The van der Waals surface area contributed by atoms with E-state index in [1.54, 1.807) is 36.7 Å². The number of para-hydroxylation sites is 2. The molecule has 2 heterocycles. The van der Waals surface area contributed by atoms with Gasteiger partial charge in [-0.2, -0.15) is 0 Å². The number of ether oxygens (including phenoxy) is 1. The number of anilines is 3. The van der Waals surface area contributed by atoms with Gasteiger partial charge in [-0.05, 0) is 43.3 Å². The van der Waals surface area contributed by atoms with Crippen molar-refractivity contribution in [3.05, 3.63) is 72.7 Å². The Morgan fingerprint density at radius 3 is 2.68 bits per heavy atom. The standard InChI is InChI=1S/C19H18N4O2/c1-2-25-17-8-4-3-7-16(17)23-18-10-9-15(13-21-18)22-19(24)14-6-5-11-20-12-14/h3-13H,2H2,1H3,(H,21,23)(H,22,24). The first kappa shape index (κ1) is 16.4. The molecule has 0 atom stereocenters. The van der Waals surface area contributed by atoms with E-state index in [0.717, 1.165) is 11.4 Å². The number of nitrogens with one attached hydrogen (secondary N) is 2. The molecule has 0 aliphatic heterocycles. The lowest BCUT2D eigenvalue weighted by atomic mass is 10.2. The summed E-state index contributed by atoms with van der Waals surface area (Å²) in [4.78, 5) is 20.4. The number of amides is 1. The molecule has 0 aliphatic carbocycles. The van der Waals surface area contributed by atoms with Crippen molar-refractivity contribution in [2.24, 2.45) is 0 Å². The van der Waals surface area contributed by atoms with Crippen molar-refractivity contribution in [2.45, 2.75) is 6.92 Å². The van der Waals surface area contributed by atoms with Gasteiger partial charge in [0.15, 0.2) is 0 Å². The predicted molar refractivity (Wildman–Crippen MR) is 97.3 cm³/mol. The van der Waals surface area contributed by atoms with Gasteiger partial charge in [-0.25, -0.2) is 4.98 Å². The average Bonchev–Trinajstić information content (AvgIpc) is 2.66. The molecule has 126 valence electrons. The lowest BCUT2D eigenvalue weighted by Gasteiger charge is -2.12. The van der Waals surface area contributed by atoms with E-state index < -0.39 is 0 Å². The lowest BCUT2D eigenvalue weighted by Crippen LogP contribution is -2.12. The minimum atomic E-state index is -0.225. The number of benzene rings is 1. The molecule has 0 unspecified atom stereocenters. The van der Waals surface area contributed by atoms with Gasteiger partial charge in [-0.3, -0.25) is 9.78 Å². The van der Waals surface area contributed by atoms with Crippen LogP contribution >= 0.6 is 0 Å². The molecule has 0 aliphatic rings. The fourth-order valence-corrected chi connectivity index (χ4v) is 2.23. The van der Waals surface area contributed by atoms with Crippen LogP contribution in [-0.4, -0.2) is 22.5 Å². The van der Waals surface area contributed by atoms with E-state index in [1.807, 2.05) is 31.2 Å². The molecular weight excluding hydrogens is 316 g/mol. The van der Waals surface area contributed by atoms with Gasteiger partial charge in [-0.1, -0.05) is 12.1 Å². The van der Waals surface area contributed by atoms with Crippen molar-refractivity contribution < 1.29 is 9.53 Å². The Hall–Kier alpha value is -3.41. The maximum absolute atomic E-state index is 12.1. The van der Waals surface area contributed by atoms with E-state index in [2.05, 4.69) is 20.6 Å². The highest BCUT2D eigenvalue weighted by Gasteiger charge is 2.07. The number of pyridine rings is 2. The van der Waals surface area contributed by atoms with Crippen molar-refractivity contribution in [2.75, 3.05) is 17.2 Å². The maximum Gasteiger partial charge on any atom is 0.257 e. The van der Waals surface area contributed by atoms with E-state index >= 15 is 0 Å². The molecule has 3 rings (SSSR count). The highest BCUT2D eigenvalue weighted by atomic mass is 16.5. The van der Waals surface area contributed by atoms with Gasteiger partial charge in [-0.15, -0.1) is 0 Å². The molecule has 2 N–H and O–H groups in total. The van der Waals surface area contributed by atoms with Crippen LogP contribution in [0.4, 0.5) is 17.2 Å². The topological polar surface area (TPSA) is 76.1 Å². The van der Waals surface area contributed by atoms with Crippen LogP contribution in [0.5, 0.6) is 5.75 Å². The number of hydrogen-bond acceptors (Lipinski definition) is 5. The molecule has 1 amide bonds. The second-order valence-electron chi connectivity index (χ2n) is 5.18. The quantitative estimate of drug-likeness (QED) is 0.715. The normalized spacial score (nSPS) is 10.1. The fourth-order valence-electron chi connectivity index (χ4n) is 2.23. The van der Waals surface area contributed by atoms with Crippen LogP contribution in [0.1, 0.15) is 17.3 Å². The highest BCUT2D eigenvalue weighted by molar-refractivity contribution is 6.03. The van der Waals surface area contributed by atoms with Crippen LogP contribution in [0, 0.1) is 0 Å². The summed E-state index contributed by atoms with van der Waals surface area (Å²) in [6, 6.07) is 14.7. The fraction of sp³-hybridized carbons (Fsp3) is 0.105. The van der Waals surface area contributed by atoms with Crippen molar-refractivity contribution >= 4 is 23.1 Å². The molecule has 6 heteroatoms. The van der Waals surface area contributed by atoms with E-state index in [9.17, 15) is 4.79 Å². The molecule has 0 radical (unpaired) electrons. The smallest absolute Gasteiger partial charge is 0.257 e. The van der Waals surface area contributed by atoms with Crippen LogP contribution in [0.15, 0.2) is 67.1 Å². The summed E-state index contributed by atoms with van der Waals surface area (Å²) in [6.45, 7) is 2.53. The molecule has 0 saturated carbocycles. The van der Waals surface area contributed by atoms with Crippen LogP contribution in [0.25, 0.3) is 0 Å². The molecule has 0 bridgehead atoms. The first-order valence-electron chi connectivity index (χ1n) is 7.92. The Bertz CT molecular complexity index is 836. The van der Waals surface area contributed by atoms with E-state index in [0.29, 0.717) is 23.7 Å². The summed E-state index contributed by atoms with van der Waals surface area (Å²) in [5.74, 6) is 1.20. The summed E-state index contributed by atoms with van der Waals surface area (Å²) >= 11 is 0. The first-order valence-corrected chi connectivity index (χ1v) is 7.92. The van der Waals surface area contributed by atoms with E-state index in [-0.39, 0.29) is 5.91 Å². The number of carbonyl (C=O) groups is 1. The summed E-state index contributed by atoms with van der Waals surface area (Å²) in [6.07, 6.45) is 4.74. The van der Waals surface area contributed by atoms with Gasteiger partial charge < -0.3 is 15.4 Å². The predicted octanol–water partition coefficient (Wildman–Crippen LogP) is 3.87. The molecule has 1 aromatic carbocycles. The first-order chi connectivity index (χ1) is 12.3. The summed E-state index contributed by atoms with van der Waals surface area (Å²) in [5, 5.41) is 6.00. The molecule has 0 saturated heterocycles.